The minimum atomic E-state index is -0.800. The predicted molar refractivity (Wildman–Crippen MR) is 144 cm³/mol. The second kappa shape index (κ2) is 14.3. The average Bonchev–Trinajstić information content (AvgIpc) is 2.89. The Bertz CT molecular complexity index is 914. The Morgan fingerprint density at radius 1 is 1.05 bits per heavy atom. The van der Waals surface area contributed by atoms with E-state index in [4.69, 9.17) is 24.7 Å². The first kappa shape index (κ1) is 29.7. The van der Waals surface area contributed by atoms with Crippen LogP contribution >= 0.6 is 0 Å². The number of hydrogen-bond acceptors (Lipinski definition) is 8. The van der Waals surface area contributed by atoms with Gasteiger partial charge < -0.3 is 34.9 Å². The van der Waals surface area contributed by atoms with E-state index in [-0.39, 0.29) is 18.2 Å². The molecule has 5 N–H and O–H groups in total. The molecule has 0 aliphatic carbocycles. The number of ether oxygens (including phenoxy) is 4. The first-order valence-corrected chi connectivity index (χ1v) is 13.2. The molecule has 206 valence electrons. The summed E-state index contributed by atoms with van der Waals surface area (Å²) in [6, 6.07) is 19.2. The van der Waals surface area contributed by atoms with Crippen LogP contribution < -0.4 is 11.1 Å². The molecule has 0 saturated carbocycles. The first-order valence-electron chi connectivity index (χ1n) is 13.2. The Kier molecular flexibility index (Phi) is 11.5. The van der Waals surface area contributed by atoms with Crippen molar-refractivity contribution in [3.8, 4) is 11.1 Å². The summed E-state index contributed by atoms with van der Waals surface area (Å²) < 4.78 is 22.7. The van der Waals surface area contributed by atoms with Crippen molar-refractivity contribution in [1.29, 1.82) is 0 Å². The topological polar surface area (TPSA) is 115 Å². The maximum atomic E-state index is 10.0. The molecule has 0 spiro atoms. The lowest BCUT2D eigenvalue weighted by atomic mass is 9.88. The number of aryl methyl sites for hydroxylation is 1. The van der Waals surface area contributed by atoms with Crippen molar-refractivity contribution in [2.75, 3.05) is 20.4 Å². The van der Waals surface area contributed by atoms with Gasteiger partial charge >= 0.3 is 0 Å². The molecule has 2 aliphatic rings. The Morgan fingerprint density at radius 2 is 1.73 bits per heavy atom. The fourth-order valence-electron chi connectivity index (χ4n) is 5.01. The maximum absolute atomic E-state index is 10.0. The summed E-state index contributed by atoms with van der Waals surface area (Å²) >= 11 is 0. The Balaban J connectivity index is 0.000000231. The number of benzene rings is 2. The fraction of sp³-hybridized carbons (Fsp3) is 0.586. The van der Waals surface area contributed by atoms with E-state index >= 15 is 0 Å². The average molecular weight is 517 g/mol. The Morgan fingerprint density at radius 3 is 2.32 bits per heavy atom. The van der Waals surface area contributed by atoms with E-state index in [0.717, 1.165) is 12.8 Å². The molecule has 8 nitrogen and oxygen atoms in total. The number of aliphatic hydroxyl groups is 2. The van der Waals surface area contributed by atoms with E-state index in [9.17, 15) is 10.2 Å². The highest BCUT2D eigenvalue weighted by Gasteiger charge is 2.42. The van der Waals surface area contributed by atoms with E-state index in [2.05, 4.69) is 67.7 Å². The van der Waals surface area contributed by atoms with Gasteiger partial charge in [-0.25, -0.2) is 0 Å². The van der Waals surface area contributed by atoms with E-state index in [1.165, 1.54) is 23.8 Å². The molecule has 2 saturated heterocycles. The molecule has 8 heteroatoms. The van der Waals surface area contributed by atoms with Crippen LogP contribution in [-0.4, -0.2) is 73.1 Å². The molecule has 0 aromatic heterocycles. The van der Waals surface area contributed by atoms with Crippen LogP contribution in [0.5, 0.6) is 0 Å². The van der Waals surface area contributed by atoms with Gasteiger partial charge in [-0.2, -0.15) is 0 Å². The second-order valence-electron chi connectivity index (χ2n) is 10.1. The zero-order valence-corrected chi connectivity index (χ0v) is 22.5. The monoisotopic (exact) mass is 516 g/mol. The second-order valence-corrected chi connectivity index (χ2v) is 10.1. The molecule has 2 aliphatic heterocycles. The zero-order chi connectivity index (χ0) is 26.8. The van der Waals surface area contributed by atoms with Gasteiger partial charge in [-0.1, -0.05) is 61.5 Å². The van der Waals surface area contributed by atoms with Crippen LogP contribution in [0.4, 0.5) is 0 Å². The summed E-state index contributed by atoms with van der Waals surface area (Å²) in [5, 5.41) is 22.5. The molecule has 2 fully saturated rings. The minimum absolute atomic E-state index is 0.0263. The molecule has 2 aromatic carbocycles. The third-order valence-electron chi connectivity index (χ3n) is 6.99. The summed E-state index contributed by atoms with van der Waals surface area (Å²) in [6.45, 7) is 6.39. The number of nitrogens with two attached hydrogens (primary N) is 1. The van der Waals surface area contributed by atoms with Gasteiger partial charge in [0.15, 0.2) is 12.6 Å². The van der Waals surface area contributed by atoms with Crippen molar-refractivity contribution in [3.05, 3.63) is 60.2 Å². The van der Waals surface area contributed by atoms with Crippen molar-refractivity contribution in [1.82, 2.24) is 5.32 Å². The van der Waals surface area contributed by atoms with Crippen molar-refractivity contribution < 1.29 is 29.2 Å². The lowest BCUT2D eigenvalue weighted by Crippen LogP contribution is -2.56. The van der Waals surface area contributed by atoms with Crippen LogP contribution in [0.3, 0.4) is 0 Å². The van der Waals surface area contributed by atoms with Crippen LogP contribution in [-0.2, 0) is 25.4 Å². The third kappa shape index (κ3) is 8.56. The van der Waals surface area contributed by atoms with Crippen LogP contribution in [0.15, 0.2) is 54.6 Å². The number of aliphatic hydroxyl groups excluding tert-OH is 2. The quantitative estimate of drug-likeness (QED) is 0.396. The number of methoxy groups -OCH3 is 1. The summed E-state index contributed by atoms with van der Waals surface area (Å²) in [4.78, 5) is 0. The van der Waals surface area contributed by atoms with E-state index < -0.39 is 30.9 Å². The molecule has 0 radical (unpaired) electrons. The summed E-state index contributed by atoms with van der Waals surface area (Å²) in [7, 11) is 1.51. The van der Waals surface area contributed by atoms with Crippen LogP contribution in [0.25, 0.3) is 11.1 Å². The molecule has 0 bridgehead atoms. The third-order valence-corrected chi connectivity index (χ3v) is 6.99. The molecule has 0 amide bonds. The zero-order valence-electron chi connectivity index (χ0n) is 22.5. The Labute approximate surface area is 221 Å². The SMILES string of the molecule is CCc1ccc(-c2ccccc2)cc1.COC1OC(CO)C(O)CC1OC1CC(C)(NCN)CC(C)O1. The smallest absolute Gasteiger partial charge is 0.184 e. The van der Waals surface area contributed by atoms with E-state index in [0.29, 0.717) is 19.5 Å². The highest BCUT2D eigenvalue weighted by atomic mass is 16.7. The van der Waals surface area contributed by atoms with Gasteiger partial charge in [-0.05, 0) is 43.4 Å². The molecule has 7 unspecified atom stereocenters. The minimum Gasteiger partial charge on any atom is -0.394 e. The number of rotatable bonds is 8. The van der Waals surface area contributed by atoms with Gasteiger partial charge in [0.2, 0.25) is 0 Å². The summed E-state index contributed by atoms with van der Waals surface area (Å²) in [5.74, 6) is 0. The highest BCUT2D eigenvalue weighted by Crippen LogP contribution is 2.32. The highest BCUT2D eigenvalue weighted by molar-refractivity contribution is 5.63. The van der Waals surface area contributed by atoms with Crippen LogP contribution in [0, 0.1) is 0 Å². The van der Waals surface area contributed by atoms with Gasteiger partial charge in [0.05, 0.1) is 18.8 Å². The normalized spacial score (nSPS) is 31.9. The molecular weight excluding hydrogens is 472 g/mol. The molecule has 4 rings (SSSR count). The largest absolute Gasteiger partial charge is 0.394 e. The van der Waals surface area contributed by atoms with Gasteiger partial charge in [-0.15, -0.1) is 0 Å². The van der Waals surface area contributed by atoms with Crippen molar-refractivity contribution in [2.45, 2.75) is 89.0 Å². The van der Waals surface area contributed by atoms with Gasteiger partial charge in [0.1, 0.15) is 12.2 Å². The van der Waals surface area contributed by atoms with Crippen LogP contribution in [0.2, 0.25) is 0 Å². The predicted octanol–water partition coefficient (Wildman–Crippen LogP) is 3.19. The Hall–Kier alpha value is -1.88. The maximum Gasteiger partial charge on any atom is 0.184 e. The van der Waals surface area contributed by atoms with Gasteiger partial charge in [0, 0.05) is 32.2 Å². The standard InChI is InChI=1S/C15H30N2O6.C14H14/c1-9-5-15(2,17-8-16)6-13(21-9)22-11-4-10(19)12(7-18)23-14(11)20-3;1-2-12-8-10-14(11-9-12)13-6-4-3-5-7-13/h9-14,17-19H,4-8,16H2,1-3H3;3-11H,2H2,1H3. The molecule has 37 heavy (non-hydrogen) atoms. The van der Waals surface area contributed by atoms with Crippen molar-refractivity contribution in [3.63, 3.8) is 0 Å². The van der Waals surface area contributed by atoms with Crippen LogP contribution in [0.1, 0.15) is 45.6 Å². The lowest BCUT2D eigenvalue weighted by Gasteiger charge is -2.44. The molecule has 2 heterocycles. The van der Waals surface area contributed by atoms with E-state index in [1.54, 1.807) is 0 Å². The first-order chi connectivity index (χ1) is 17.8. The van der Waals surface area contributed by atoms with Crippen molar-refractivity contribution >= 4 is 0 Å². The number of hydrogen-bond donors (Lipinski definition) is 4. The summed E-state index contributed by atoms with van der Waals surface area (Å²) in [6.07, 6.45) is -0.0738. The lowest BCUT2D eigenvalue weighted by molar-refractivity contribution is -0.313. The fourth-order valence-corrected chi connectivity index (χ4v) is 5.01. The number of nitrogens with one attached hydrogen (secondary N) is 1. The van der Waals surface area contributed by atoms with Gasteiger partial charge in [-0.3, -0.25) is 5.32 Å². The molecule has 7 atom stereocenters. The molecule has 2 aromatic rings. The molecular formula is C29H44N2O6. The summed E-state index contributed by atoms with van der Waals surface area (Å²) in [5.41, 5.74) is 9.43. The van der Waals surface area contributed by atoms with Gasteiger partial charge in [0.25, 0.3) is 0 Å². The van der Waals surface area contributed by atoms with E-state index in [1.807, 2.05) is 13.0 Å². The van der Waals surface area contributed by atoms with Crippen molar-refractivity contribution in [2.24, 2.45) is 5.73 Å².